The average Bonchev–Trinajstić information content (AvgIpc) is 2.43. The maximum Gasteiger partial charge on any atom is 0.325 e. The number of hydrogen-bond donors (Lipinski definition) is 1. The zero-order chi connectivity index (χ0) is 15.3. The summed E-state index contributed by atoms with van der Waals surface area (Å²) in [5, 5.41) is 9.21. The molecule has 0 aromatic rings. The van der Waals surface area contributed by atoms with Crippen LogP contribution in [-0.2, 0) is 19.1 Å². The Morgan fingerprint density at radius 3 is 2.25 bits per heavy atom. The minimum absolute atomic E-state index is 0.153. The highest BCUT2D eigenvalue weighted by molar-refractivity contribution is 5.88. The lowest BCUT2D eigenvalue weighted by molar-refractivity contribution is -0.154. The van der Waals surface area contributed by atoms with Crippen LogP contribution in [0.4, 0.5) is 0 Å². The number of allylic oxidation sites excluding steroid dienone is 2. The molecule has 0 aliphatic heterocycles. The number of aliphatic carboxylic acids is 1. The predicted molar refractivity (Wildman–Crippen MR) is 71.9 cm³/mol. The molecule has 1 aliphatic carbocycles. The van der Waals surface area contributed by atoms with Crippen molar-refractivity contribution in [3.05, 3.63) is 12.2 Å². The van der Waals surface area contributed by atoms with Gasteiger partial charge < -0.3 is 14.7 Å². The number of carboxylic acid groups (broad SMARTS) is 1. The van der Waals surface area contributed by atoms with E-state index in [1.54, 1.807) is 19.9 Å². The molecular formula is C14H21NO5. The SMILES string of the molecule is COC(=O)CN(C(=O)[C@@H]1CC=CC[C@@H]1C(=O)O)C(C)C. The summed E-state index contributed by atoms with van der Waals surface area (Å²) in [5.74, 6) is -3.14. The van der Waals surface area contributed by atoms with E-state index in [-0.39, 0.29) is 18.5 Å². The molecule has 0 saturated carbocycles. The number of amides is 1. The number of carbonyl (C=O) groups is 3. The van der Waals surface area contributed by atoms with E-state index in [0.717, 1.165) is 0 Å². The number of hydrogen-bond acceptors (Lipinski definition) is 4. The first kappa shape index (κ1) is 16.2. The predicted octanol–water partition coefficient (Wildman–Crippen LogP) is 1.06. The van der Waals surface area contributed by atoms with Gasteiger partial charge in [0, 0.05) is 6.04 Å². The molecule has 112 valence electrons. The lowest BCUT2D eigenvalue weighted by atomic mass is 9.82. The van der Waals surface area contributed by atoms with Crippen molar-refractivity contribution in [1.29, 1.82) is 0 Å². The highest BCUT2D eigenvalue weighted by atomic mass is 16.5. The molecule has 20 heavy (non-hydrogen) atoms. The number of carbonyl (C=O) groups excluding carboxylic acids is 2. The van der Waals surface area contributed by atoms with E-state index < -0.39 is 23.8 Å². The van der Waals surface area contributed by atoms with E-state index in [0.29, 0.717) is 12.8 Å². The first-order chi connectivity index (χ1) is 9.38. The maximum atomic E-state index is 12.5. The fourth-order valence-electron chi connectivity index (χ4n) is 2.29. The monoisotopic (exact) mass is 283 g/mol. The van der Waals surface area contributed by atoms with Crippen LogP contribution in [0.3, 0.4) is 0 Å². The van der Waals surface area contributed by atoms with Gasteiger partial charge in [0.2, 0.25) is 5.91 Å². The molecule has 0 spiro atoms. The molecule has 0 saturated heterocycles. The molecule has 0 heterocycles. The summed E-state index contributed by atoms with van der Waals surface area (Å²) in [6.07, 6.45) is 4.33. The Kier molecular flexibility index (Phi) is 5.73. The number of carboxylic acids is 1. The average molecular weight is 283 g/mol. The second kappa shape index (κ2) is 7.07. The van der Waals surface area contributed by atoms with Crippen molar-refractivity contribution in [1.82, 2.24) is 4.90 Å². The van der Waals surface area contributed by atoms with E-state index in [1.165, 1.54) is 12.0 Å². The van der Waals surface area contributed by atoms with Crippen molar-refractivity contribution in [3.63, 3.8) is 0 Å². The summed E-state index contributed by atoms with van der Waals surface area (Å²) in [4.78, 5) is 36.5. The third-order valence-corrected chi connectivity index (χ3v) is 3.50. The van der Waals surface area contributed by atoms with Gasteiger partial charge >= 0.3 is 11.9 Å². The Bertz CT molecular complexity index is 416. The first-order valence-electron chi connectivity index (χ1n) is 6.63. The molecule has 0 aromatic carbocycles. The molecule has 6 heteroatoms. The van der Waals surface area contributed by atoms with Crippen molar-refractivity contribution in [2.75, 3.05) is 13.7 Å². The van der Waals surface area contributed by atoms with Crippen LogP contribution in [0.2, 0.25) is 0 Å². The van der Waals surface area contributed by atoms with Crippen LogP contribution in [0.15, 0.2) is 12.2 Å². The van der Waals surface area contributed by atoms with Gasteiger partial charge in [-0.3, -0.25) is 14.4 Å². The van der Waals surface area contributed by atoms with Gasteiger partial charge in [-0.05, 0) is 26.7 Å². The van der Waals surface area contributed by atoms with E-state index >= 15 is 0 Å². The van der Waals surface area contributed by atoms with Gasteiger partial charge in [-0.25, -0.2) is 0 Å². The minimum atomic E-state index is -0.977. The van der Waals surface area contributed by atoms with Crippen LogP contribution in [0.1, 0.15) is 26.7 Å². The molecule has 1 N–H and O–H groups in total. The quantitative estimate of drug-likeness (QED) is 0.602. The van der Waals surface area contributed by atoms with Gasteiger partial charge in [-0.15, -0.1) is 0 Å². The Balaban J connectivity index is 2.90. The first-order valence-corrected chi connectivity index (χ1v) is 6.63. The normalized spacial score (nSPS) is 21.6. The highest BCUT2D eigenvalue weighted by Gasteiger charge is 2.37. The molecule has 6 nitrogen and oxygen atoms in total. The Morgan fingerprint density at radius 1 is 1.25 bits per heavy atom. The number of esters is 1. The standard InChI is InChI=1S/C14H21NO5/c1-9(2)15(8-12(16)20-3)13(17)10-6-4-5-7-11(10)14(18)19/h4-5,9-11H,6-8H2,1-3H3,(H,18,19)/t10-,11+/m1/s1. The van der Waals surface area contributed by atoms with Crippen LogP contribution < -0.4 is 0 Å². The Labute approximate surface area is 118 Å². The van der Waals surface area contributed by atoms with Gasteiger partial charge in [0.15, 0.2) is 0 Å². The van der Waals surface area contributed by atoms with Gasteiger partial charge in [-0.2, -0.15) is 0 Å². The molecule has 1 rings (SSSR count). The topological polar surface area (TPSA) is 83.9 Å². The van der Waals surface area contributed by atoms with Crippen molar-refractivity contribution in [3.8, 4) is 0 Å². The molecule has 2 atom stereocenters. The molecule has 0 bridgehead atoms. The lowest BCUT2D eigenvalue weighted by Crippen LogP contribution is -2.47. The molecule has 0 radical (unpaired) electrons. The number of rotatable bonds is 5. The van der Waals surface area contributed by atoms with Gasteiger partial charge in [0.1, 0.15) is 6.54 Å². The van der Waals surface area contributed by atoms with Crippen LogP contribution >= 0.6 is 0 Å². The van der Waals surface area contributed by atoms with E-state index in [1.807, 2.05) is 6.08 Å². The van der Waals surface area contributed by atoms with Gasteiger partial charge in [0.05, 0.1) is 18.9 Å². The van der Waals surface area contributed by atoms with Crippen LogP contribution in [-0.4, -0.2) is 47.5 Å². The fourth-order valence-corrected chi connectivity index (χ4v) is 2.29. The van der Waals surface area contributed by atoms with E-state index in [2.05, 4.69) is 4.74 Å². The van der Waals surface area contributed by atoms with Gasteiger partial charge in [-0.1, -0.05) is 12.2 Å². The molecule has 1 aliphatic rings. The van der Waals surface area contributed by atoms with E-state index in [9.17, 15) is 19.5 Å². The van der Waals surface area contributed by atoms with Crippen LogP contribution in [0.5, 0.6) is 0 Å². The summed E-state index contributed by atoms with van der Waals surface area (Å²) in [7, 11) is 1.26. The van der Waals surface area contributed by atoms with Crippen LogP contribution in [0, 0.1) is 11.8 Å². The van der Waals surface area contributed by atoms with Crippen molar-refractivity contribution in [2.24, 2.45) is 11.8 Å². The molecule has 0 aromatic heterocycles. The number of nitrogens with zero attached hydrogens (tertiary/aromatic N) is 1. The summed E-state index contributed by atoms with van der Waals surface area (Å²) >= 11 is 0. The second-order valence-electron chi connectivity index (χ2n) is 5.13. The molecule has 0 fully saturated rings. The second-order valence-corrected chi connectivity index (χ2v) is 5.13. The smallest absolute Gasteiger partial charge is 0.325 e. The molecule has 0 unspecified atom stereocenters. The van der Waals surface area contributed by atoms with E-state index in [4.69, 9.17) is 0 Å². The zero-order valence-electron chi connectivity index (χ0n) is 12.0. The largest absolute Gasteiger partial charge is 0.481 e. The van der Waals surface area contributed by atoms with Crippen molar-refractivity contribution >= 4 is 17.8 Å². The fraction of sp³-hybridized carbons (Fsp3) is 0.643. The molecule has 1 amide bonds. The minimum Gasteiger partial charge on any atom is -0.481 e. The summed E-state index contributed by atoms with van der Waals surface area (Å²) in [6, 6.07) is -0.193. The van der Waals surface area contributed by atoms with Crippen molar-refractivity contribution in [2.45, 2.75) is 32.7 Å². The number of ether oxygens (including phenoxy) is 1. The Hall–Kier alpha value is -1.85. The lowest BCUT2D eigenvalue weighted by Gasteiger charge is -2.32. The summed E-state index contributed by atoms with van der Waals surface area (Å²) in [6.45, 7) is 3.42. The number of methoxy groups -OCH3 is 1. The maximum absolute atomic E-state index is 12.5. The zero-order valence-corrected chi connectivity index (χ0v) is 12.0. The third-order valence-electron chi connectivity index (χ3n) is 3.50. The van der Waals surface area contributed by atoms with Crippen LogP contribution in [0.25, 0.3) is 0 Å². The Morgan fingerprint density at radius 2 is 1.80 bits per heavy atom. The summed E-state index contributed by atoms with van der Waals surface area (Å²) < 4.78 is 4.58. The van der Waals surface area contributed by atoms with Gasteiger partial charge in [0.25, 0.3) is 0 Å². The van der Waals surface area contributed by atoms with Crippen molar-refractivity contribution < 1.29 is 24.2 Å². The molecular weight excluding hydrogens is 262 g/mol. The third kappa shape index (κ3) is 3.82. The summed E-state index contributed by atoms with van der Waals surface area (Å²) in [5.41, 5.74) is 0. The highest BCUT2D eigenvalue weighted by Crippen LogP contribution is 2.28.